The maximum Gasteiger partial charge on any atom is 0.0325 e. The van der Waals surface area contributed by atoms with Gasteiger partial charge in [0.1, 0.15) is 0 Å². The highest BCUT2D eigenvalue weighted by molar-refractivity contribution is 5.19. The number of benzene rings is 1. The van der Waals surface area contributed by atoms with E-state index in [0.29, 0.717) is 6.04 Å². The zero-order chi connectivity index (χ0) is 13.0. The Labute approximate surface area is 112 Å². The predicted octanol–water partition coefficient (Wildman–Crippen LogP) is 4.55. The Morgan fingerprint density at radius 3 is 2.56 bits per heavy atom. The zero-order valence-corrected chi connectivity index (χ0v) is 12.0. The van der Waals surface area contributed by atoms with Gasteiger partial charge >= 0.3 is 0 Å². The van der Waals surface area contributed by atoms with Gasteiger partial charge in [-0.1, -0.05) is 57.5 Å². The minimum absolute atomic E-state index is 0.540. The van der Waals surface area contributed by atoms with Crippen molar-refractivity contribution >= 4 is 0 Å². The van der Waals surface area contributed by atoms with Crippen molar-refractivity contribution in [1.29, 1.82) is 0 Å². The van der Waals surface area contributed by atoms with Gasteiger partial charge in [0, 0.05) is 12.1 Å². The van der Waals surface area contributed by atoms with Crippen LogP contribution >= 0.6 is 0 Å². The van der Waals surface area contributed by atoms with Gasteiger partial charge in [-0.25, -0.2) is 0 Å². The Balaban J connectivity index is 1.94. The summed E-state index contributed by atoms with van der Waals surface area (Å²) in [6, 6.07) is 12.2. The standard InChI is InChI=1S/C17H27N/c1-4-8-15-12-17(15)18-16(11-13(2)3)14-9-6-5-7-10-14/h5-7,9-10,13,15-18H,4,8,11-12H2,1-3H3. The van der Waals surface area contributed by atoms with Crippen molar-refractivity contribution in [3.05, 3.63) is 35.9 Å². The van der Waals surface area contributed by atoms with Crippen LogP contribution in [0.2, 0.25) is 0 Å². The number of hydrogen-bond donors (Lipinski definition) is 1. The summed E-state index contributed by atoms with van der Waals surface area (Å²) in [6.07, 6.45) is 5.33. The molecule has 18 heavy (non-hydrogen) atoms. The highest BCUT2D eigenvalue weighted by Gasteiger charge is 2.37. The van der Waals surface area contributed by atoms with Crippen molar-refractivity contribution in [3.8, 4) is 0 Å². The van der Waals surface area contributed by atoms with Crippen LogP contribution in [0, 0.1) is 11.8 Å². The first-order valence-electron chi connectivity index (χ1n) is 7.51. The third-order valence-electron chi connectivity index (χ3n) is 3.91. The van der Waals surface area contributed by atoms with Crippen molar-refractivity contribution in [3.63, 3.8) is 0 Å². The molecule has 0 aliphatic heterocycles. The minimum Gasteiger partial charge on any atom is -0.307 e. The molecule has 0 amide bonds. The summed E-state index contributed by atoms with van der Waals surface area (Å²) in [4.78, 5) is 0. The molecule has 0 heterocycles. The van der Waals surface area contributed by atoms with E-state index < -0.39 is 0 Å². The molecule has 1 aliphatic rings. The van der Waals surface area contributed by atoms with Gasteiger partial charge in [0.15, 0.2) is 0 Å². The summed E-state index contributed by atoms with van der Waals surface area (Å²) in [5.41, 5.74) is 1.45. The first-order valence-corrected chi connectivity index (χ1v) is 7.51. The molecular weight excluding hydrogens is 218 g/mol. The van der Waals surface area contributed by atoms with Crippen LogP contribution in [0.3, 0.4) is 0 Å². The second kappa shape index (κ2) is 6.38. The van der Waals surface area contributed by atoms with Crippen molar-refractivity contribution < 1.29 is 0 Å². The fourth-order valence-corrected chi connectivity index (χ4v) is 2.86. The van der Waals surface area contributed by atoms with Crippen LogP contribution in [-0.2, 0) is 0 Å². The Bertz CT molecular complexity index is 344. The second-order valence-corrected chi connectivity index (χ2v) is 6.15. The van der Waals surface area contributed by atoms with Gasteiger partial charge in [0.25, 0.3) is 0 Å². The monoisotopic (exact) mass is 245 g/mol. The van der Waals surface area contributed by atoms with Gasteiger partial charge in [-0.15, -0.1) is 0 Å². The van der Waals surface area contributed by atoms with Crippen LogP contribution in [0.25, 0.3) is 0 Å². The fraction of sp³-hybridized carbons (Fsp3) is 0.647. The third-order valence-corrected chi connectivity index (χ3v) is 3.91. The molecule has 3 unspecified atom stereocenters. The summed E-state index contributed by atoms with van der Waals surface area (Å²) in [7, 11) is 0. The second-order valence-electron chi connectivity index (χ2n) is 6.15. The Kier molecular flexibility index (Phi) is 4.82. The predicted molar refractivity (Wildman–Crippen MR) is 78.6 cm³/mol. The van der Waals surface area contributed by atoms with E-state index in [4.69, 9.17) is 0 Å². The lowest BCUT2D eigenvalue weighted by Crippen LogP contribution is -2.26. The summed E-state index contributed by atoms with van der Waals surface area (Å²) in [5.74, 6) is 1.68. The quantitative estimate of drug-likeness (QED) is 0.743. The van der Waals surface area contributed by atoms with E-state index in [9.17, 15) is 0 Å². The van der Waals surface area contributed by atoms with E-state index in [2.05, 4.69) is 56.4 Å². The van der Waals surface area contributed by atoms with Crippen LogP contribution < -0.4 is 5.32 Å². The van der Waals surface area contributed by atoms with E-state index in [1.54, 1.807) is 0 Å². The molecule has 0 aromatic heterocycles. The average Bonchev–Trinajstić information content (AvgIpc) is 3.08. The highest BCUT2D eigenvalue weighted by atomic mass is 15.0. The summed E-state index contributed by atoms with van der Waals surface area (Å²) >= 11 is 0. The number of rotatable bonds is 7. The summed E-state index contributed by atoms with van der Waals surface area (Å²) in [5, 5.41) is 3.87. The first kappa shape index (κ1) is 13.6. The normalized spacial score (nSPS) is 24.2. The van der Waals surface area contributed by atoms with Gasteiger partial charge in [-0.3, -0.25) is 0 Å². The van der Waals surface area contributed by atoms with E-state index >= 15 is 0 Å². The maximum absolute atomic E-state index is 3.87. The first-order chi connectivity index (χ1) is 8.70. The molecule has 1 fully saturated rings. The molecule has 100 valence electrons. The SMILES string of the molecule is CCCC1CC1NC(CC(C)C)c1ccccc1. The van der Waals surface area contributed by atoms with Crippen LogP contribution in [0.4, 0.5) is 0 Å². The smallest absolute Gasteiger partial charge is 0.0325 e. The van der Waals surface area contributed by atoms with Gasteiger partial charge in [0.05, 0.1) is 0 Å². The fourth-order valence-electron chi connectivity index (χ4n) is 2.86. The highest BCUT2D eigenvalue weighted by Crippen LogP contribution is 2.37. The van der Waals surface area contributed by atoms with E-state index in [1.165, 1.54) is 31.2 Å². The van der Waals surface area contributed by atoms with Gasteiger partial charge in [-0.2, -0.15) is 0 Å². The van der Waals surface area contributed by atoms with Gasteiger partial charge in [0.2, 0.25) is 0 Å². The molecule has 1 N–H and O–H groups in total. The van der Waals surface area contributed by atoms with E-state index in [1.807, 2.05) is 0 Å². The molecular formula is C17H27N. The van der Waals surface area contributed by atoms with Gasteiger partial charge < -0.3 is 5.32 Å². The molecule has 1 aromatic rings. The lowest BCUT2D eigenvalue weighted by molar-refractivity contribution is 0.416. The molecule has 1 saturated carbocycles. The van der Waals surface area contributed by atoms with Crippen molar-refractivity contribution in [2.24, 2.45) is 11.8 Å². The largest absolute Gasteiger partial charge is 0.307 e. The maximum atomic E-state index is 3.87. The van der Waals surface area contributed by atoms with Crippen molar-refractivity contribution in [2.45, 2.75) is 58.5 Å². The number of hydrogen-bond acceptors (Lipinski definition) is 1. The molecule has 1 aromatic carbocycles. The molecule has 1 nitrogen and oxygen atoms in total. The van der Waals surface area contributed by atoms with Crippen LogP contribution in [0.5, 0.6) is 0 Å². The average molecular weight is 245 g/mol. The van der Waals surface area contributed by atoms with Crippen molar-refractivity contribution in [2.75, 3.05) is 0 Å². The zero-order valence-electron chi connectivity index (χ0n) is 12.0. The summed E-state index contributed by atoms with van der Waals surface area (Å²) < 4.78 is 0. The van der Waals surface area contributed by atoms with Gasteiger partial charge in [-0.05, 0) is 36.7 Å². The Morgan fingerprint density at radius 1 is 1.22 bits per heavy atom. The van der Waals surface area contributed by atoms with Crippen LogP contribution in [0.1, 0.15) is 58.1 Å². The molecule has 0 saturated heterocycles. The molecule has 1 heteroatoms. The van der Waals surface area contributed by atoms with Crippen LogP contribution in [-0.4, -0.2) is 6.04 Å². The van der Waals surface area contributed by atoms with E-state index in [-0.39, 0.29) is 0 Å². The number of nitrogens with one attached hydrogen (secondary N) is 1. The van der Waals surface area contributed by atoms with Crippen LogP contribution in [0.15, 0.2) is 30.3 Å². The minimum atomic E-state index is 0.540. The Morgan fingerprint density at radius 2 is 1.94 bits per heavy atom. The lowest BCUT2D eigenvalue weighted by atomic mass is 9.97. The topological polar surface area (TPSA) is 12.0 Å². The van der Waals surface area contributed by atoms with Crippen molar-refractivity contribution in [1.82, 2.24) is 5.32 Å². The lowest BCUT2D eigenvalue weighted by Gasteiger charge is -2.21. The molecule has 0 spiro atoms. The molecule has 0 bridgehead atoms. The van der Waals surface area contributed by atoms with E-state index in [0.717, 1.165) is 17.9 Å². The molecule has 1 aliphatic carbocycles. The molecule has 0 radical (unpaired) electrons. The molecule has 3 atom stereocenters. The molecule has 2 rings (SSSR count). The summed E-state index contributed by atoms with van der Waals surface area (Å²) in [6.45, 7) is 6.92. The third kappa shape index (κ3) is 3.84. The Hall–Kier alpha value is -0.820.